The minimum atomic E-state index is -1.15. The molecule has 0 atom stereocenters. The molecule has 0 aliphatic rings. The van der Waals surface area contributed by atoms with Crippen LogP contribution < -0.4 is 5.32 Å². The fourth-order valence-corrected chi connectivity index (χ4v) is 2.38. The van der Waals surface area contributed by atoms with E-state index in [4.69, 9.17) is 4.74 Å². The minimum absolute atomic E-state index is 0.114. The monoisotopic (exact) mass is 381 g/mol. The number of nitrogens with zero attached hydrogens (tertiary/aromatic N) is 4. The van der Waals surface area contributed by atoms with Gasteiger partial charge in [0.05, 0.1) is 35.2 Å². The average Bonchev–Trinajstić information content (AvgIpc) is 3.07. The number of carbonyl (C=O) groups is 2. The molecule has 0 aliphatic carbocycles. The molecule has 0 unspecified atom stereocenters. The Morgan fingerprint density at radius 1 is 1.18 bits per heavy atom. The van der Waals surface area contributed by atoms with E-state index in [1.165, 1.54) is 16.9 Å². The third-order valence-corrected chi connectivity index (χ3v) is 3.49. The van der Waals surface area contributed by atoms with E-state index in [-0.39, 0.29) is 5.69 Å². The number of rotatable bonds is 4. The van der Waals surface area contributed by atoms with Gasteiger partial charge in [-0.15, -0.1) is 0 Å². The SMILES string of the molecule is CC(C)(C)OC(=O)Nc1ccc(-c2cc(C(=O)O)nn2-c2cccnc2)nc1. The van der Waals surface area contributed by atoms with E-state index in [0.29, 0.717) is 22.8 Å². The summed E-state index contributed by atoms with van der Waals surface area (Å²) in [5.41, 5.74) is 1.29. The summed E-state index contributed by atoms with van der Waals surface area (Å²) < 4.78 is 6.66. The molecule has 0 radical (unpaired) electrons. The Balaban J connectivity index is 1.89. The summed E-state index contributed by atoms with van der Waals surface area (Å²) >= 11 is 0. The second-order valence-electron chi connectivity index (χ2n) is 6.90. The topological polar surface area (TPSA) is 119 Å². The Hall–Kier alpha value is -3.75. The maximum atomic E-state index is 11.9. The number of carboxylic acids is 1. The highest BCUT2D eigenvalue weighted by Gasteiger charge is 2.18. The fraction of sp³-hybridized carbons (Fsp3) is 0.211. The first kappa shape index (κ1) is 19.0. The number of aromatic carboxylic acids is 1. The minimum Gasteiger partial charge on any atom is -0.476 e. The van der Waals surface area contributed by atoms with Crippen molar-refractivity contribution in [1.82, 2.24) is 19.7 Å². The molecule has 0 spiro atoms. The summed E-state index contributed by atoms with van der Waals surface area (Å²) in [5.74, 6) is -1.15. The molecule has 3 aromatic rings. The molecule has 3 heterocycles. The zero-order valence-electron chi connectivity index (χ0n) is 15.6. The molecule has 1 amide bonds. The highest BCUT2D eigenvalue weighted by Crippen LogP contribution is 2.23. The first-order valence-electron chi connectivity index (χ1n) is 8.43. The van der Waals surface area contributed by atoms with E-state index in [2.05, 4.69) is 20.4 Å². The van der Waals surface area contributed by atoms with Gasteiger partial charge in [-0.25, -0.2) is 14.3 Å². The van der Waals surface area contributed by atoms with Gasteiger partial charge in [0.2, 0.25) is 0 Å². The van der Waals surface area contributed by atoms with Gasteiger partial charge in [-0.2, -0.15) is 5.10 Å². The van der Waals surface area contributed by atoms with E-state index in [0.717, 1.165) is 0 Å². The van der Waals surface area contributed by atoms with Crippen LogP contribution in [0.25, 0.3) is 17.1 Å². The molecule has 0 fully saturated rings. The summed E-state index contributed by atoms with van der Waals surface area (Å²) in [6, 6.07) is 8.21. The summed E-state index contributed by atoms with van der Waals surface area (Å²) in [6.45, 7) is 5.31. The van der Waals surface area contributed by atoms with Crippen molar-refractivity contribution in [3.05, 3.63) is 54.6 Å². The first-order valence-corrected chi connectivity index (χ1v) is 8.43. The Bertz CT molecular complexity index is 991. The molecule has 9 nitrogen and oxygen atoms in total. The smallest absolute Gasteiger partial charge is 0.412 e. The second kappa shape index (κ2) is 7.47. The van der Waals surface area contributed by atoms with Crippen molar-refractivity contribution in [2.45, 2.75) is 26.4 Å². The van der Waals surface area contributed by atoms with Crippen LogP contribution in [0.2, 0.25) is 0 Å². The molecule has 0 bridgehead atoms. The number of carboxylic acid groups (broad SMARTS) is 1. The van der Waals surface area contributed by atoms with E-state index in [1.54, 1.807) is 57.4 Å². The number of aromatic nitrogens is 4. The molecule has 9 heteroatoms. The summed E-state index contributed by atoms with van der Waals surface area (Å²) in [6.07, 6.45) is 4.05. The van der Waals surface area contributed by atoms with Gasteiger partial charge >= 0.3 is 12.1 Å². The zero-order valence-corrected chi connectivity index (χ0v) is 15.6. The maximum Gasteiger partial charge on any atom is 0.412 e. The number of ether oxygens (including phenoxy) is 1. The average molecular weight is 381 g/mol. The van der Waals surface area contributed by atoms with E-state index < -0.39 is 17.7 Å². The van der Waals surface area contributed by atoms with Gasteiger partial charge in [0.15, 0.2) is 5.69 Å². The van der Waals surface area contributed by atoms with Crippen molar-refractivity contribution in [3.63, 3.8) is 0 Å². The van der Waals surface area contributed by atoms with Crippen molar-refractivity contribution in [2.24, 2.45) is 0 Å². The lowest BCUT2D eigenvalue weighted by atomic mass is 10.2. The summed E-state index contributed by atoms with van der Waals surface area (Å²) in [7, 11) is 0. The number of pyridine rings is 2. The van der Waals surface area contributed by atoms with E-state index >= 15 is 0 Å². The number of hydrogen-bond acceptors (Lipinski definition) is 6. The molecule has 0 aliphatic heterocycles. The van der Waals surface area contributed by atoms with Gasteiger partial charge in [-0.3, -0.25) is 15.3 Å². The summed E-state index contributed by atoms with van der Waals surface area (Å²) in [4.78, 5) is 31.5. The van der Waals surface area contributed by atoms with Gasteiger partial charge in [0, 0.05) is 12.3 Å². The Morgan fingerprint density at radius 3 is 2.54 bits per heavy atom. The number of hydrogen-bond donors (Lipinski definition) is 2. The third kappa shape index (κ3) is 4.50. The van der Waals surface area contributed by atoms with Gasteiger partial charge in [0.25, 0.3) is 0 Å². The zero-order chi connectivity index (χ0) is 20.3. The quantitative estimate of drug-likeness (QED) is 0.711. The Kier molecular flexibility index (Phi) is 5.08. The van der Waals surface area contributed by atoms with Crippen LogP contribution >= 0.6 is 0 Å². The third-order valence-electron chi connectivity index (χ3n) is 3.49. The molecule has 3 rings (SSSR count). The van der Waals surface area contributed by atoms with Crippen LogP contribution in [-0.2, 0) is 4.74 Å². The van der Waals surface area contributed by atoms with Crippen molar-refractivity contribution >= 4 is 17.7 Å². The Labute approximate surface area is 161 Å². The van der Waals surface area contributed by atoms with Crippen molar-refractivity contribution in [1.29, 1.82) is 0 Å². The van der Waals surface area contributed by atoms with Crippen LogP contribution in [0.5, 0.6) is 0 Å². The normalized spacial score (nSPS) is 11.1. The van der Waals surface area contributed by atoms with Crippen LogP contribution in [0.1, 0.15) is 31.3 Å². The van der Waals surface area contributed by atoms with Crippen LogP contribution in [-0.4, -0.2) is 42.5 Å². The number of carbonyl (C=O) groups excluding carboxylic acids is 1. The molecule has 3 aromatic heterocycles. The lowest BCUT2D eigenvalue weighted by molar-refractivity contribution is 0.0633. The highest BCUT2D eigenvalue weighted by molar-refractivity contribution is 5.87. The number of amides is 1. The lowest BCUT2D eigenvalue weighted by Gasteiger charge is -2.19. The van der Waals surface area contributed by atoms with Crippen molar-refractivity contribution in [2.75, 3.05) is 5.32 Å². The number of nitrogens with one attached hydrogen (secondary N) is 1. The van der Waals surface area contributed by atoms with Crippen molar-refractivity contribution < 1.29 is 19.4 Å². The van der Waals surface area contributed by atoms with Gasteiger partial charge < -0.3 is 9.84 Å². The maximum absolute atomic E-state index is 11.9. The van der Waals surface area contributed by atoms with Crippen LogP contribution in [0.3, 0.4) is 0 Å². The largest absolute Gasteiger partial charge is 0.476 e. The fourth-order valence-electron chi connectivity index (χ4n) is 2.38. The summed E-state index contributed by atoms with van der Waals surface area (Å²) in [5, 5.41) is 16.0. The molecule has 0 saturated heterocycles. The molecular weight excluding hydrogens is 362 g/mol. The van der Waals surface area contributed by atoms with E-state index in [1.807, 2.05) is 0 Å². The molecular formula is C19H19N5O4. The Morgan fingerprint density at radius 2 is 1.96 bits per heavy atom. The first-order chi connectivity index (χ1) is 13.2. The second-order valence-corrected chi connectivity index (χ2v) is 6.90. The highest BCUT2D eigenvalue weighted by atomic mass is 16.6. The molecule has 144 valence electrons. The number of anilines is 1. The predicted molar refractivity (Wildman–Crippen MR) is 101 cm³/mol. The van der Waals surface area contributed by atoms with Gasteiger partial charge in [-0.1, -0.05) is 0 Å². The molecule has 28 heavy (non-hydrogen) atoms. The van der Waals surface area contributed by atoms with Gasteiger partial charge in [-0.05, 0) is 45.0 Å². The molecule has 0 aromatic carbocycles. The predicted octanol–water partition coefficient (Wildman–Crippen LogP) is 3.37. The molecule has 0 saturated carbocycles. The standard InChI is InChI=1S/C19H19N5O4/c1-19(2,3)28-18(27)22-12-6-7-14(21-10-12)16-9-15(17(25)26)23-24(16)13-5-4-8-20-11-13/h4-11H,1-3H3,(H,22,27)(H,25,26). The van der Waals surface area contributed by atoms with Crippen LogP contribution in [0.15, 0.2) is 48.9 Å². The molecule has 2 N–H and O–H groups in total. The van der Waals surface area contributed by atoms with E-state index in [9.17, 15) is 14.7 Å². The van der Waals surface area contributed by atoms with Crippen LogP contribution in [0, 0.1) is 0 Å². The van der Waals surface area contributed by atoms with Gasteiger partial charge in [0.1, 0.15) is 5.60 Å². The lowest BCUT2D eigenvalue weighted by Crippen LogP contribution is -2.27. The van der Waals surface area contributed by atoms with Crippen molar-refractivity contribution in [3.8, 4) is 17.1 Å². The van der Waals surface area contributed by atoms with Crippen LogP contribution in [0.4, 0.5) is 10.5 Å².